The van der Waals surface area contributed by atoms with Gasteiger partial charge in [-0.3, -0.25) is 0 Å². The first-order chi connectivity index (χ1) is 8.94. The van der Waals surface area contributed by atoms with Gasteiger partial charge < -0.3 is 20.4 Å². The second-order valence-electron chi connectivity index (χ2n) is 4.67. The van der Waals surface area contributed by atoms with Crippen molar-refractivity contribution in [1.29, 1.82) is 0 Å². The summed E-state index contributed by atoms with van der Waals surface area (Å²) in [6.07, 6.45) is -1.61. The molecule has 100 valence electrons. The van der Waals surface area contributed by atoms with Crippen LogP contribution in [0.1, 0.15) is 18.1 Å². The Morgan fingerprint density at radius 2 is 1.05 bits per heavy atom. The Hall–Kier alpha value is -2.04. The maximum atomic E-state index is 9.75. The van der Waals surface area contributed by atoms with E-state index in [4.69, 9.17) is 0 Å². The molecular formula is C15H16O4. The van der Waals surface area contributed by atoms with Gasteiger partial charge in [0.2, 0.25) is 0 Å². The molecule has 0 heterocycles. The molecule has 19 heavy (non-hydrogen) atoms. The number of aromatic hydroxyl groups is 2. The third-order valence-corrected chi connectivity index (χ3v) is 3.45. The summed E-state index contributed by atoms with van der Waals surface area (Å²) in [7, 11) is 0. The van der Waals surface area contributed by atoms with Crippen LogP contribution in [-0.2, 0) is 5.41 Å². The molecule has 0 aliphatic rings. The summed E-state index contributed by atoms with van der Waals surface area (Å²) in [5, 5.41) is 38.1. The summed E-state index contributed by atoms with van der Waals surface area (Å²) >= 11 is 0. The van der Waals surface area contributed by atoms with Crippen molar-refractivity contribution in [2.75, 3.05) is 0 Å². The molecule has 2 aromatic carbocycles. The Labute approximate surface area is 111 Å². The molecule has 0 unspecified atom stereocenters. The molecular weight excluding hydrogens is 244 g/mol. The fourth-order valence-electron chi connectivity index (χ4n) is 2.08. The van der Waals surface area contributed by atoms with Crippen molar-refractivity contribution >= 4 is 0 Å². The molecule has 4 nitrogen and oxygen atoms in total. The predicted octanol–water partition coefficient (Wildman–Crippen LogP) is 1.71. The first-order valence-electron chi connectivity index (χ1n) is 5.90. The highest BCUT2D eigenvalue weighted by Gasteiger charge is 2.35. The Bertz CT molecular complexity index is 498. The van der Waals surface area contributed by atoms with Crippen LogP contribution in [0.2, 0.25) is 0 Å². The van der Waals surface area contributed by atoms with Crippen LogP contribution >= 0.6 is 0 Å². The van der Waals surface area contributed by atoms with E-state index < -0.39 is 11.7 Å². The zero-order valence-corrected chi connectivity index (χ0v) is 10.5. The summed E-state index contributed by atoms with van der Waals surface area (Å²) in [6.45, 7) is 1.69. The second-order valence-corrected chi connectivity index (χ2v) is 4.67. The van der Waals surface area contributed by atoms with E-state index in [9.17, 15) is 20.4 Å². The van der Waals surface area contributed by atoms with Crippen molar-refractivity contribution < 1.29 is 20.4 Å². The number of phenols is 2. The van der Waals surface area contributed by atoms with Gasteiger partial charge >= 0.3 is 0 Å². The third kappa shape index (κ3) is 2.41. The Kier molecular flexibility index (Phi) is 3.46. The summed E-state index contributed by atoms with van der Waals surface area (Å²) < 4.78 is 0. The summed E-state index contributed by atoms with van der Waals surface area (Å²) in [5.74, 6) is 0.230. The molecule has 0 saturated carbocycles. The molecule has 4 heteroatoms. The maximum absolute atomic E-state index is 9.75. The SMILES string of the molecule is CC(c1ccc(O)cc1)(c1ccc(O)cc1)C(O)O. The lowest BCUT2D eigenvalue weighted by atomic mass is 9.75. The highest BCUT2D eigenvalue weighted by Crippen LogP contribution is 2.35. The van der Waals surface area contributed by atoms with E-state index in [0.717, 1.165) is 0 Å². The molecule has 0 radical (unpaired) electrons. The van der Waals surface area contributed by atoms with E-state index >= 15 is 0 Å². The summed E-state index contributed by atoms with van der Waals surface area (Å²) in [5.41, 5.74) is 0.276. The maximum Gasteiger partial charge on any atom is 0.165 e. The quantitative estimate of drug-likeness (QED) is 0.633. The Balaban J connectivity index is 2.54. The largest absolute Gasteiger partial charge is 0.508 e. The number of aliphatic hydroxyl groups excluding tert-OH is 1. The van der Waals surface area contributed by atoms with Gasteiger partial charge in [0.1, 0.15) is 11.5 Å². The van der Waals surface area contributed by atoms with Crippen molar-refractivity contribution in [1.82, 2.24) is 0 Å². The first-order valence-corrected chi connectivity index (χ1v) is 5.90. The highest BCUT2D eigenvalue weighted by atomic mass is 16.5. The summed E-state index contributed by atoms with van der Waals surface area (Å²) in [4.78, 5) is 0. The van der Waals surface area contributed by atoms with Gasteiger partial charge in [0.05, 0.1) is 5.41 Å². The fourth-order valence-corrected chi connectivity index (χ4v) is 2.08. The number of benzene rings is 2. The monoisotopic (exact) mass is 260 g/mol. The standard InChI is InChI=1S/C15H16O4/c1-15(14(18)19,10-2-6-12(16)7-3-10)11-4-8-13(17)9-5-11/h2-9,14,16-19H,1H3. The van der Waals surface area contributed by atoms with Crippen molar-refractivity contribution in [3.05, 3.63) is 59.7 Å². The molecule has 0 aliphatic carbocycles. The van der Waals surface area contributed by atoms with Crippen LogP contribution in [0.3, 0.4) is 0 Å². The highest BCUT2D eigenvalue weighted by molar-refractivity contribution is 5.42. The van der Waals surface area contributed by atoms with Crippen molar-refractivity contribution in [3.8, 4) is 11.5 Å². The number of aliphatic hydroxyl groups is 2. The van der Waals surface area contributed by atoms with E-state index in [1.807, 2.05) is 0 Å². The molecule has 4 N–H and O–H groups in total. The van der Waals surface area contributed by atoms with Gasteiger partial charge in [-0.1, -0.05) is 24.3 Å². The molecule has 0 aromatic heterocycles. The molecule has 0 aliphatic heterocycles. The number of phenolic OH excluding ortho intramolecular Hbond substituents is 2. The lowest BCUT2D eigenvalue weighted by molar-refractivity contribution is -0.0820. The van der Waals surface area contributed by atoms with Crippen LogP contribution in [0.4, 0.5) is 0 Å². The Morgan fingerprint density at radius 3 is 1.32 bits per heavy atom. The van der Waals surface area contributed by atoms with E-state index in [0.29, 0.717) is 11.1 Å². The van der Waals surface area contributed by atoms with Crippen LogP contribution in [0.25, 0.3) is 0 Å². The second kappa shape index (κ2) is 4.91. The predicted molar refractivity (Wildman–Crippen MR) is 70.9 cm³/mol. The van der Waals surface area contributed by atoms with Crippen LogP contribution in [-0.4, -0.2) is 26.7 Å². The van der Waals surface area contributed by atoms with E-state index in [1.54, 1.807) is 31.2 Å². The van der Waals surface area contributed by atoms with Gasteiger partial charge in [-0.2, -0.15) is 0 Å². The summed E-state index contributed by atoms with van der Waals surface area (Å²) in [6, 6.07) is 12.5. The smallest absolute Gasteiger partial charge is 0.165 e. The minimum Gasteiger partial charge on any atom is -0.508 e. The minimum atomic E-state index is -1.61. The molecule has 0 spiro atoms. The molecule has 2 rings (SSSR count). The van der Waals surface area contributed by atoms with E-state index in [-0.39, 0.29) is 11.5 Å². The normalized spacial score (nSPS) is 11.8. The number of rotatable bonds is 3. The Morgan fingerprint density at radius 1 is 0.737 bits per heavy atom. The average Bonchev–Trinajstić information content (AvgIpc) is 2.39. The van der Waals surface area contributed by atoms with Crippen LogP contribution < -0.4 is 0 Å². The van der Waals surface area contributed by atoms with Gasteiger partial charge in [-0.15, -0.1) is 0 Å². The topological polar surface area (TPSA) is 80.9 Å². The molecule has 0 fully saturated rings. The number of hydrogen-bond acceptors (Lipinski definition) is 4. The zero-order chi connectivity index (χ0) is 14.0. The fraction of sp³-hybridized carbons (Fsp3) is 0.200. The van der Waals surface area contributed by atoms with Crippen LogP contribution in [0, 0.1) is 0 Å². The first kappa shape index (κ1) is 13.4. The van der Waals surface area contributed by atoms with E-state index in [1.165, 1.54) is 24.3 Å². The van der Waals surface area contributed by atoms with E-state index in [2.05, 4.69) is 0 Å². The van der Waals surface area contributed by atoms with Crippen molar-refractivity contribution in [2.24, 2.45) is 0 Å². The zero-order valence-electron chi connectivity index (χ0n) is 10.5. The molecule has 0 bridgehead atoms. The van der Waals surface area contributed by atoms with Gasteiger partial charge in [0.25, 0.3) is 0 Å². The number of hydrogen-bond donors (Lipinski definition) is 4. The van der Waals surface area contributed by atoms with Gasteiger partial charge in [-0.05, 0) is 42.3 Å². The van der Waals surface area contributed by atoms with Gasteiger partial charge in [0.15, 0.2) is 6.29 Å². The molecule has 0 saturated heterocycles. The van der Waals surface area contributed by atoms with Crippen molar-refractivity contribution in [3.63, 3.8) is 0 Å². The molecule has 0 atom stereocenters. The minimum absolute atomic E-state index is 0.115. The van der Waals surface area contributed by atoms with Gasteiger partial charge in [-0.25, -0.2) is 0 Å². The molecule has 0 amide bonds. The van der Waals surface area contributed by atoms with Crippen molar-refractivity contribution in [2.45, 2.75) is 18.6 Å². The lowest BCUT2D eigenvalue weighted by Gasteiger charge is -2.32. The third-order valence-electron chi connectivity index (χ3n) is 3.45. The lowest BCUT2D eigenvalue weighted by Crippen LogP contribution is -2.37. The van der Waals surface area contributed by atoms with Crippen LogP contribution in [0.5, 0.6) is 11.5 Å². The van der Waals surface area contributed by atoms with Crippen LogP contribution in [0.15, 0.2) is 48.5 Å². The average molecular weight is 260 g/mol. The van der Waals surface area contributed by atoms with Gasteiger partial charge in [0, 0.05) is 0 Å². The molecule has 2 aromatic rings.